The van der Waals surface area contributed by atoms with E-state index in [4.69, 9.17) is 4.74 Å². The number of nitrogens with zero attached hydrogens (tertiary/aromatic N) is 1. The van der Waals surface area contributed by atoms with E-state index in [2.05, 4.69) is 47.1 Å². The lowest BCUT2D eigenvalue weighted by Gasteiger charge is -2.12. The van der Waals surface area contributed by atoms with Gasteiger partial charge in [-0.1, -0.05) is 18.2 Å². The zero-order chi connectivity index (χ0) is 13.1. The normalized spacial score (nSPS) is 19.3. The maximum atomic E-state index is 5.39. The molecular weight excluding hydrogens is 236 g/mol. The van der Waals surface area contributed by atoms with E-state index in [1.54, 1.807) is 0 Å². The van der Waals surface area contributed by atoms with Gasteiger partial charge in [0.15, 0.2) is 0 Å². The number of fused-ring (bicyclic) bond motifs is 1. The molecule has 0 spiro atoms. The van der Waals surface area contributed by atoms with Crippen LogP contribution in [-0.2, 0) is 11.3 Å². The molecule has 0 aliphatic carbocycles. The number of aryl methyl sites for hydroxylation is 1. The highest BCUT2D eigenvalue weighted by molar-refractivity contribution is 5.81. The molecule has 3 nitrogen and oxygen atoms in total. The minimum absolute atomic E-state index is 0.711. The molecule has 3 rings (SSSR count). The summed E-state index contributed by atoms with van der Waals surface area (Å²) >= 11 is 0. The third-order valence-electron chi connectivity index (χ3n) is 3.99. The van der Waals surface area contributed by atoms with Crippen molar-refractivity contribution in [2.45, 2.75) is 19.9 Å². The highest BCUT2D eigenvalue weighted by atomic mass is 16.5. The zero-order valence-corrected chi connectivity index (χ0v) is 11.6. The number of hydrogen-bond donors (Lipinski definition) is 1. The van der Waals surface area contributed by atoms with Gasteiger partial charge in [0.25, 0.3) is 0 Å². The van der Waals surface area contributed by atoms with Gasteiger partial charge in [0, 0.05) is 37.5 Å². The van der Waals surface area contributed by atoms with Crippen LogP contribution in [0.4, 0.5) is 0 Å². The van der Waals surface area contributed by atoms with E-state index in [1.165, 1.54) is 23.0 Å². The summed E-state index contributed by atoms with van der Waals surface area (Å²) in [5.41, 5.74) is 2.68. The molecule has 2 heterocycles. The van der Waals surface area contributed by atoms with Crippen LogP contribution in [0.25, 0.3) is 10.9 Å². The third kappa shape index (κ3) is 2.82. The highest BCUT2D eigenvalue weighted by Gasteiger charge is 2.14. The fourth-order valence-electron chi connectivity index (χ4n) is 2.89. The van der Waals surface area contributed by atoms with Crippen LogP contribution >= 0.6 is 0 Å². The van der Waals surface area contributed by atoms with Crippen molar-refractivity contribution >= 4 is 10.9 Å². The molecule has 19 heavy (non-hydrogen) atoms. The molecule has 1 aliphatic rings. The lowest BCUT2D eigenvalue weighted by Crippen LogP contribution is -2.26. The number of benzene rings is 1. The Bertz CT molecular complexity index is 541. The molecule has 0 amide bonds. The fraction of sp³-hybridized carbons (Fsp3) is 0.500. The maximum absolute atomic E-state index is 5.39. The summed E-state index contributed by atoms with van der Waals surface area (Å²) in [6.45, 7) is 7.19. The standard InChI is InChI=1S/C16H22N2O/c1-13-10-15-4-2-3-5-16(15)18(13)8-7-17-11-14-6-9-19-12-14/h2-5,10,14,17H,6-9,11-12H2,1H3. The highest BCUT2D eigenvalue weighted by Crippen LogP contribution is 2.18. The van der Waals surface area contributed by atoms with E-state index in [1.807, 2.05) is 0 Å². The number of ether oxygens (including phenoxy) is 1. The molecular formula is C16H22N2O. The quantitative estimate of drug-likeness (QED) is 0.834. The molecule has 1 fully saturated rings. The molecule has 0 radical (unpaired) electrons. The van der Waals surface area contributed by atoms with Gasteiger partial charge in [-0.2, -0.15) is 0 Å². The first-order valence-corrected chi connectivity index (χ1v) is 7.18. The predicted molar refractivity (Wildman–Crippen MR) is 78.5 cm³/mol. The first kappa shape index (κ1) is 12.7. The van der Waals surface area contributed by atoms with Gasteiger partial charge in [-0.15, -0.1) is 0 Å². The summed E-state index contributed by atoms with van der Waals surface area (Å²) in [4.78, 5) is 0. The molecule has 1 saturated heterocycles. The summed E-state index contributed by atoms with van der Waals surface area (Å²) < 4.78 is 7.79. The number of aromatic nitrogens is 1. The summed E-state index contributed by atoms with van der Waals surface area (Å²) in [6.07, 6.45) is 1.21. The Labute approximate surface area is 114 Å². The third-order valence-corrected chi connectivity index (χ3v) is 3.99. The van der Waals surface area contributed by atoms with E-state index in [0.29, 0.717) is 5.92 Å². The number of nitrogens with one attached hydrogen (secondary N) is 1. The van der Waals surface area contributed by atoms with Crippen molar-refractivity contribution in [2.75, 3.05) is 26.3 Å². The van der Waals surface area contributed by atoms with Gasteiger partial charge < -0.3 is 14.6 Å². The Morgan fingerprint density at radius 3 is 3.11 bits per heavy atom. The average molecular weight is 258 g/mol. The minimum Gasteiger partial charge on any atom is -0.381 e. The molecule has 1 aromatic carbocycles. The fourth-order valence-corrected chi connectivity index (χ4v) is 2.89. The summed E-state index contributed by atoms with van der Waals surface area (Å²) in [6, 6.07) is 10.9. The van der Waals surface area contributed by atoms with E-state index >= 15 is 0 Å². The first-order valence-electron chi connectivity index (χ1n) is 7.18. The first-order chi connectivity index (χ1) is 9.34. The second-order valence-electron chi connectivity index (χ2n) is 5.43. The van der Waals surface area contributed by atoms with Crippen LogP contribution in [0.3, 0.4) is 0 Å². The van der Waals surface area contributed by atoms with E-state index < -0.39 is 0 Å². The van der Waals surface area contributed by atoms with Crippen LogP contribution < -0.4 is 5.32 Å². The summed E-state index contributed by atoms with van der Waals surface area (Å²) in [5.74, 6) is 0.711. The van der Waals surface area contributed by atoms with Crippen molar-refractivity contribution in [2.24, 2.45) is 5.92 Å². The molecule has 3 heteroatoms. The van der Waals surface area contributed by atoms with Crippen molar-refractivity contribution < 1.29 is 4.74 Å². The summed E-state index contributed by atoms with van der Waals surface area (Å²) in [7, 11) is 0. The second kappa shape index (κ2) is 5.76. The predicted octanol–water partition coefficient (Wildman–Crippen LogP) is 2.58. The van der Waals surface area contributed by atoms with Gasteiger partial charge >= 0.3 is 0 Å². The number of hydrogen-bond acceptors (Lipinski definition) is 2. The van der Waals surface area contributed by atoms with Crippen molar-refractivity contribution in [1.82, 2.24) is 9.88 Å². The Hall–Kier alpha value is -1.32. The molecule has 1 unspecified atom stereocenters. The van der Waals surface area contributed by atoms with Crippen LogP contribution in [0.1, 0.15) is 12.1 Å². The Balaban J connectivity index is 1.57. The maximum Gasteiger partial charge on any atom is 0.0507 e. The monoisotopic (exact) mass is 258 g/mol. The Morgan fingerprint density at radius 2 is 2.26 bits per heavy atom. The lowest BCUT2D eigenvalue weighted by atomic mass is 10.1. The van der Waals surface area contributed by atoms with Gasteiger partial charge in [-0.05, 0) is 36.8 Å². The van der Waals surface area contributed by atoms with Gasteiger partial charge in [-0.3, -0.25) is 0 Å². The van der Waals surface area contributed by atoms with Gasteiger partial charge in [0.2, 0.25) is 0 Å². The van der Waals surface area contributed by atoms with E-state index in [0.717, 1.165) is 32.8 Å². The SMILES string of the molecule is Cc1cc2ccccc2n1CCNCC1CCOC1. The molecule has 1 aliphatic heterocycles. The van der Waals surface area contributed by atoms with Crippen molar-refractivity contribution in [1.29, 1.82) is 0 Å². The zero-order valence-electron chi connectivity index (χ0n) is 11.6. The van der Waals surface area contributed by atoms with Crippen molar-refractivity contribution in [3.8, 4) is 0 Å². The molecule has 1 N–H and O–H groups in total. The average Bonchev–Trinajstić information content (AvgIpc) is 3.02. The molecule has 1 aromatic heterocycles. The number of para-hydroxylation sites is 1. The van der Waals surface area contributed by atoms with Crippen molar-refractivity contribution in [3.05, 3.63) is 36.0 Å². The van der Waals surface area contributed by atoms with E-state index in [-0.39, 0.29) is 0 Å². The van der Waals surface area contributed by atoms with Crippen LogP contribution in [-0.4, -0.2) is 30.9 Å². The number of rotatable bonds is 5. The molecule has 0 bridgehead atoms. The van der Waals surface area contributed by atoms with Gasteiger partial charge in [0.1, 0.15) is 0 Å². The minimum atomic E-state index is 0.711. The molecule has 102 valence electrons. The van der Waals surface area contributed by atoms with Crippen LogP contribution in [0, 0.1) is 12.8 Å². The Morgan fingerprint density at radius 1 is 1.37 bits per heavy atom. The molecule has 0 saturated carbocycles. The van der Waals surface area contributed by atoms with E-state index in [9.17, 15) is 0 Å². The molecule has 1 atom stereocenters. The van der Waals surface area contributed by atoms with Crippen LogP contribution in [0.2, 0.25) is 0 Å². The topological polar surface area (TPSA) is 26.2 Å². The van der Waals surface area contributed by atoms with Crippen molar-refractivity contribution in [3.63, 3.8) is 0 Å². The Kier molecular flexibility index (Phi) is 3.85. The molecule has 2 aromatic rings. The van der Waals surface area contributed by atoms with Gasteiger partial charge in [0.05, 0.1) is 6.61 Å². The second-order valence-corrected chi connectivity index (χ2v) is 5.43. The lowest BCUT2D eigenvalue weighted by molar-refractivity contribution is 0.185. The smallest absolute Gasteiger partial charge is 0.0507 e. The van der Waals surface area contributed by atoms with Crippen LogP contribution in [0.15, 0.2) is 30.3 Å². The van der Waals surface area contributed by atoms with Crippen LogP contribution in [0.5, 0.6) is 0 Å². The largest absolute Gasteiger partial charge is 0.381 e. The van der Waals surface area contributed by atoms with Gasteiger partial charge in [-0.25, -0.2) is 0 Å². The summed E-state index contributed by atoms with van der Waals surface area (Å²) in [5, 5.41) is 4.89.